The Labute approximate surface area is 158 Å². The predicted molar refractivity (Wildman–Crippen MR) is 97.6 cm³/mol. The third-order valence-electron chi connectivity index (χ3n) is 4.57. The van der Waals surface area contributed by atoms with Crippen LogP contribution in [0, 0.1) is 17.6 Å². The summed E-state index contributed by atoms with van der Waals surface area (Å²) in [5, 5.41) is 2.65. The Kier molecular flexibility index (Phi) is 5.48. The van der Waals surface area contributed by atoms with Crippen molar-refractivity contribution < 1.29 is 22.9 Å². The fourth-order valence-corrected chi connectivity index (χ4v) is 4.01. The number of hydrogen-bond acceptors (Lipinski definition) is 3. The molecule has 0 aliphatic carbocycles. The Morgan fingerprint density at radius 3 is 2.48 bits per heavy atom. The summed E-state index contributed by atoms with van der Waals surface area (Å²) < 4.78 is 39.1. The van der Waals surface area contributed by atoms with Crippen LogP contribution in [0.5, 0.6) is 0 Å². The van der Waals surface area contributed by atoms with Gasteiger partial charge in [0, 0.05) is 25.6 Å². The average molecular weight is 392 g/mol. The molecular weight excluding hydrogens is 374 g/mol. The van der Waals surface area contributed by atoms with Crippen LogP contribution in [0.3, 0.4) is 0 Å². The number of halogens is 2. The molecule has 0 saturated carbocycles. The molecule has 1 fully saturated rings. The molecule has 2 amide bonds. The normalized spacial score (nSPS) is 20.6. The summed E-state index contributed by atoms with van der Waals surface area (Å²) in [7, 11) is 1.54. The molecule has 5 nitrogen and oxygen atoms in total. The van der Waals surface area contributed by atoms with E-state index < -0.39 is 46.5 Å². The first-order valence-electron chi connectivity index (χ1n) is 8.22. The van der Waals surface area contributed by atoms with Gasteiger partial charge in [-0.2, -0.15) is 0 Å². The lowest BCUT2D eigenvalue weighted by Gasteiger charge is -2.18. The second-order valence-electron chi connectivity index (χ2n) is 6.45. The summed E-state index contributed by atoms with van der Waals surface area (Å²) in [4.78, 5) is 27.2. The maximum absolute atomic E-state index is 13.6. The topological polar surface area (TPSA) is 72.5 Å². The lowest BCUT2D eigenvalue weighted by molar-refractivity contribution is -0.135. The SMILES string of the molecule is CN1C[C@H](c2cc(F)cc(F)c2)[C@@H](C(=O)Nc2ccccc2[S@+](C)[O-])C1=O. The van der Waals surface area contributed by atoms with E-state index in [0.717, 1.165) is 18.2 Å². The molecule has 3 atom stereocenters. The third kappa shape index (κ3) is 3.96. The third-order valence-corrected chi connectivity index (χ3v) is 5.54. The molecule has 8 heteroatoms. The van der Waals surface area contributed by atoms with Gasteiger partial charge in [-0.25, -0.2) is 8.78 Å². The number of para-hydroxylation sites is 1. The maximum Gasteiger partial charge on any atom is 0.237 e. The van der Waals surface area contributed by atoms with Gasteiger partial charge in [-0.3, -0.25) is 9.59 Å². The minimum absolute atomic E-state index is 0.168. The van der Waals surface area contributed by atoms with Gasteiger partial charge in [-0.1, -0.05) is 12.1 Å². The molecule has 1 aliphatic heterocycles. The molecule has 1 heterocycles. The quantitative estimate of drug-likeness (QED) is 0.642. The Morgan fingerprint density at radius 1 is 1.22 bits per heavy atom. The van der Waals surface area contributed by atoms with E-state index in [-0.39, 0.29) is 12.1 Å². The highest BCUT2D eigenvalue weighted by Gasteiger charge is 2.44. The highest BCUT2D eigenvalue weighted by atomic mass is 32.2. The molecule has 1 saturated heterocycles. The van der Waals surface area contributed by atoms with Crippen molar-refractivity contribution in [2.75, 3.05) is 25.2 Å². The van der Waals surface area contributed by atoms with Crippen LogP contribution in [0.4, 0.5) is 14.5 Å². The number of hydrogen-bond donors (Lipinski definition) is 1. The number of amides is 2. The van der Waals surface area contributed by atoms with E-state index in [1.54, 1.807) is 24.3 Å². The van der Waals surface area contributed by atoms with Crippen LogP contribution in [0.1, 0.15) is 11.5 Å². The van der Waals surface area contributed by atoms with Gasteiger partial charge < -0.3 is 14.8 Å². The van der Waals surface area contributed by atoms with E-state index in [1.165, 1.54) is 18.2 Å². The minimum atomic E-state index is -1.33. The number of anilines is 1. The number of carbonyl (C=O) groups excluding carboxylic acids is 2. The number of nitrogens with one attached hydrogen (secondary N) is 1. The van der Waals surface area contributed by atoms with Gasteiger partial charge >= 0.3 is 0 Å². The molecule has 2 aromatic carbocycles. The van der Waals surface area contributed by atoms with E-state index in [2.05, 4.69) is 5.32 Å². The molecule has 1 N–H and O–H groups in total. The number of nitrogens with zero attached hydrogens (tertiary/aromatic N) is 1. The van der Waals surface area contributed by atoms with Gasteiger partial charge in [0.2, 0.25) is 11.8 Å². The van der Waals surface area contributed by atoms with Crippen molar-refractivity contribution in [2.24, 2.45) is 5.92 Å². The summed E-state index contributed by atoms with van der Waals surface area (Å²) in [6.45, 7) is 0.168. The van der Waals surface area contributed by atoms with Crippen LogP contribution >= 0.6 is 0 Å². The molecule has 3 rings (SSSR count). The van der Waals surface area contributed by atoms with Gasteiger partial charge in [0.15, 0.2) is 4.90 Å². The summed E-state index contributed by atoms with van der Waals surface area (Å²) in [6.07, 6.45) is 1.48. The van der Waals surface area contributed by atoms with Crippen molar-refractivity contribution in [2.45, 2.75) is 10.8 Å². The number of benzene rings is 2. The molecular formula is C19H18F2N2O3S. The van der Waals surface area contributed by atoms with Crippen molar-refractivity contribution >= 4 is 28.7 Å². The van der Waals surface area contributed by atoms with Crippen molar-refractivity contribution in [3.05, 3.63) is 59.7 Å². The highest BCUT2D eigenvalue weighted by molar-refractivity contribution is 7.90. The number of likely N-dealkylation sites (tertiary alicyclic amines) is 1. The van der Waals surface area contributed by atoms with Crippen molar-refractivity contribution in [1.29, 1.82) is 0 Å². The molecule has 0 spiro atoms. The summed E-state index contributed by atoms with van der Waals surface area (Å²) >= 11 is -1.33. The second-order valence-corrected chi connectivity index (χ2v) is 7.79. The lowest BCUT2D eigenvalue weighted by Crippen LogP contribution is -2.33. The van der Waals surface area contributed by atoms with E-state index in [0.29, 0.717) is 10.6 Å². The molecule has 142 valence electrons. The van der Waals surface area contributed by atoms with Gasteiger partial charge in [0.05, 0.1) is 5.69 Å². The average Bonchev–Trinajstić information content (AvgIpc) is 2.89. The fourth-order valence-electron chi connectivity index (χ4n) is 3.31. The Bertz CT molecular complexity index is 871. The molecule has 0 bridgehead atoms. The first-order valence-corrected chi connectivity index (χ1v) is 9.78. The molecule has 1 aliphatic rings. The number of likely N-dealkylation sites (N-methyl/N-ethyl adjacent to an activating group) is 1. The molecule has 27 heavy (non-hydrogen) atoms. The van der Waals surface area contributed by atoms with Crippen molar-refractivity contribution in [1.82, 2.24) is 4.90 Å². The highest BCUT2D eigenvalue weighted by Crippen LogP contribution is 2.35. The zero-order valence-corrected chi connectivity index (χ0v) is 15.6. The molecule has 0 unspecified atom stereocenters. The van der Waals surface area contributed by atoms with Crippen molar-refractivity contribution in [3.63, 3.8) is 0 Å². The largest absolute Gasteiger partial charge is 0.612 e. The zero-order valence-electron chi connectivity index (χ0n) is 14.7. The van der Waals surface area contributed by atoms with Crippen LogP contribution in [-0.2, 0) is 20.8 Å². The molecule has 2 aromatic rings. The van der Waals surface area contributed by atoms with Crippen LogP contribution in [-0.4, -0.2) is 41.1 Å². The lowest BCUT2D eigenvalue weighted by atomic mass is 9.87. The summed E-state index contributed by atoms with van der Waals surface area (Å²) in [6, 6.07) is 9.59. The van der Waals surface area contributed by atoms with Crippen LogP contribution in [0.25, 0.3) is 0 Å². The molecule has 0 radical (unpaired) electrons. The van der Waals surface area contributed by atoms with Crippen LogP contribution < -0.4 is 5.32 Å². The zero-order chi connectivity index (χ0) is 19.7. The van der Waals surface area contributed by atoms with E-state index >= 15 is 0 Å². The van der Waals surface area contributed by atoms with Crippen LogP contribution in [0.15, 0.2) is 47.4 Å². The van der Waals surface area contributed by atoms with Gasteiger partial charge in [-0.05, 0) is 41.0 Å². The maximum atomic E-state index is 13.6. The first kappa shape index (κ1) is 19.3. The van der Waals surface area contributed by atoms with E-state index in [4.69, 9.17) is 0 Å². The summed E-state index contributed by atoms with van der Waals surface area (Å²) in [5.41, 5.74) is 0.590. The number of carbonyl (C=O) groups is 2. The second kappa shape index (κ2) is 7.66. The smallest absolute Gasteiger partial charge is 0.237 e. The Hall–Kier alpha value is -2.45. The van der Waals surface area contributed by atoms with Gasteiger partial charge in [0.25, 0.3) is 0 Å². The Morgan fingerprint density at radius 2 is 1.85 bits per heavy atom. The monoisotopic (exact) mass is 392 g/mol. The standard InChI is InChI=1S/C19H18F2N2O3S/c1-23-10-14(11-7-12(20)9-13(21)8-11)17(19(23)25)18(24)22-15-5-3-4-6-16(15)27(2)26/h3-9,14,17H,10H2,1-2H3,(H,22,24)/t14-,17+,27+/m1/s1. The van der Waals surface area contributed by atoms with Gasteiger partial charge in [-0.15, -0.1) is 0 Å². The van der Waals surface area contributed by atoms with Gasteiger partial charge in [0.1, 0.15) is 23.8 Å². The fraction of sp³-hybridized carbons (Fsp3) is 0.263. The Balaban J connectivity index is 1.92. The molecule has 0 aromatic heterocycles. The van der Waals surface area contributed by atoms with Crippen LogP contribution in [0.2, 0.25) is 0 Å². The first-order chi connectivity index (χ1) is 12.8. The van der Waals surface area contributed by atoms with E-state index in [9.17, 15) is 22.9 Å². The van der Waals surface area contributed by atoms with Crippen molar-refractivity contribution in [3.8, 4) is 0 Å². The van der Waals surface area contributed by atoms with E-state index in [1.807, 2.05) is 0 Å². The predicted octanol–water partition coefficient (Wildman–Crippen LogP) is 2.51. The number of rotatable bonds is 4. The summed E-state index contributed by atoms with van der Waals surface area (Å²) in [5.74, 6) is -4.38. The minimum Gasteiger partial charge on any atom is -0.612 e.